The monoisotopic (exact) mass is 656 g/mol. The lowest BCUT2D eigenvalue weighted by Crippen LogP contribution is -2.45. The van der Waals surface area contributed by atoms with E-state index in [1.165, 1.54) is 7.11 Å². The lowest BCUT2D eigenvalue weighted by atomic mass is 10.0. The molecule has 4 atom stereocenters. The highest BCUT2D eigenvalue weighted by atomic mass is 32.2. The standard InChI is InChI=1S/C36H36N2O8S/c1-44-34(42)31(18-23-6-3-2-4-7-23)38-36(43)37-28-9-5-8-27(19-28)35-45-29(22-47-30-16-14-26(15-17-30)33(40)41)20-32(46-35)25-12-10-24(21-39)11-13-25/h2-17,19,29,31-32,35,39H,18,20-22H2,1H3,(H,40,41)(H2,37,38,43)/t29-,31-,32+,35+/m0/s1. The molecule has 47 heavy (non-hydrogen) atoms. The fourth-order valence-corrected chi connectivity index (χ4v) is 6.10. The van der Waals surface area contributed by atoms with Crippen LogP contribution in [0.15, 0.2) is 108 Å². The zero-order chi connectivity index (χ0) is 33.2. The number of esters is 1. The summed E-state index contributed by atoms with van der Waals surface area (Å²) >= 11 is 1.56. The molecule has 0 bridgehead atoms. The van der Waals surface area contributed by atoms with Gasteiger partial charge in [0.2, 0.25) is 0 Å². The second-order valence-corrected chi connectivity index (χ2v) is 12.1. The highest BCUT2D eigenvalue weighted by Crippen LogP contribution is 2.40. The van der Waals surface area contributed by atoms with Crippen molar-refractivity contribution in [3.05, 3.63) is 131 Å². The highest BCUT2D eigenvalue weighted by molar-refractivity contribution is 7.99. The van der Waals surface area contributed by atoms with Crippen molar-refractivity contribution in [1.29, 1.82) is 0 Å². The lowest BCUT2D eigenvalue weighted by molar-refractivity contribution is -0.245. The zero-order valence-electron chi connectivity index (χ0n) is 25.7. The van der Waals surface area contributed by atoms with Gasteiger partial charge in [-0.25, -0.2) is 14.4 Å². The Morgan fingerprint density at radius 1 is 0.894 bits per heavy atom. The number of hydrogen-bond donors (Lipinski definition) is 4. The minimum Gasteiger partial charge on any atom is -0.478 e. The lowest BCUT2D eigenvalue weighted by Gasteiger charge is -2.36. The van der Waals surface area contributed by atoms with Gasteiger partial charge in [-0.05, 0) is 53.1 Å². The normalized spacial score (nSPS) is 18.1. The molecule has 1 aliphatic heterocycles. The molecule has 5 rings (SSSR count). The molecule has 0 aliphatic carbocycles. The van der Waals surface area contributed by atoms with E-state index in [-0.39, 0.29) is 30.8 Å². The van der Waals surface area contributed by atoms with Gasteiger partial charge in [0.05, 0.1) is 31.5 Å². The summed E-state index contributed by atoms with van der Waals surface area (Å²) in [6, 6.07) is 29.3. The number of urea groups is 1. The number of nitrogens with one attached hydrogen (secondary N) is 2. The Labute approximate surface area is 277 Å². The number of amides is 2. The molecule has 4 N–H and O–H groups in total. The Bertz CT molecular complexity index is 1650. The fourth-order valence-electron chi connectivity index (χ4n) is 5.18. The molecule has 1 heterocycles. The summed E-state index contributed by atoms with van der Waals surface area (Å²) in [6.07, 6.45) is -0.434. The van der Waals surface area contributed by atoms with E-state index >= 15 is 0 Å². The van der Waals surface area contributed by atoms with E-state index in [0.29, 0.717) is 23.4 Å². The number of hydrogen-bond acceptors (Lipinski definition) is 8. The number of aromatic carboxylic acids is 1. The number of rotatable bonds is 12. The molecule has 244 valence electrons. The number of anilines is 1. The summed E-state index contributed by atoms with van der Waals surface area (Å²) < 4.78 is 17.8. The minimum absolute atomic E-state index is 0.0581. The quantitative estimate of drug-likeness (QED) is 0.105. The summed E-state index contributed by atoms with van der Waals surface area (Å²) in [5.41, 5.74) is 4.01. The van der Waals surface area contributed by atoms with Crippen LogP contribution < -0.4 is 10.6 Å². The number of carbonyl (C=O) groups excluding carboxylic acids is 2. The number of methoxy groups -OCH3 is 1. The molecule has 0 unspecified atom stereocenters. The van der Waals surface area contributed by atoms with Gasteiger partial charge >= 0.3 is 18.0 Å². The van der Waals surface area contributed by atoms with Crippen LogP contribution in [-0.2, 0) is 32.0 Å². The van der Waals surface area contributed by atoms with Crippen LogP contribution in [0, 0.1) is 0 Å². The maximum Gasteiger partial charge on any atom is 0.335 e. The third-order valence-corrected chi connectivity index (χ3v) is 8.79. The van der Waals surface area contributed by atoms with Gasteiger partial charge in [0.15, 0.2) is 6.29 Å². The third-order valence-electron chi connectivity index (χ3n) is 7.64. The van der Waals surface area contributed by atoms with Gasteiger partial charge in [-0.3, -0.25) is 0 Å². The van der Waals surface area contributed by atoms with Crippen molar-refractivity contribution in [3.63, 3.8) is 0 Å². The second-order valence-electron chi connectivity index (χ2n) is 11.0. The van der Waals surface area contributed by atoms with Gasteiger partial charge in [-0.2, -0.15) is 0 Å². The number of aliphatic hydroxyl groups excluding tert-OH is 1. The van der Waals surface area contributed by atoms with E-state index < -0.39 is 30.3 Å². The van der Waals surface area contributed by atoms with E-state index in [9.17, 15) is 24.6 Å². The van der Waals surface area contributed by atoms with Crippen LogP contribution in [0.1, 0.15) is 51.4 Å². The molecule has 4 aromatic rings. The average Bonchev–Trinajstić information content (AvgIpc) is 3.10. The second kappa shape index (κ2) is 16.2. The number of ether oxygens (including phenoxy) is 3. The van der Waals surface area contributed by atoms with Gasteiger partial charge in [0, 0.05) is 34.7 Å². The number of aliphatic hydroxyl groups is 1. The first-order valence-corrected chi connectivity index (χ1v) is 16.1. The van der Waals surface area contributed by atoms with E-state index in [0.717, 1.165) is 21.6 Å². The summed E-state index contributed by atoms with van der Waals surface area (Å²) in [5.74, 6) is -0.938. The van der Waals surface area contributed by atoms with Gasteiger partial charge in [0.25, 0.3) is 0 Å². The third kappa shape index (κ3) is 9.43. The van der Waals surface area contributed by atoms with Gasteiger partial charge in [-0.15, -0.1) is 11.8 Å². The molecule has 1 saturated heterocycles. The number of benzene rings is 4. The first-order valence-electron chi connectivity index (χ1n) is 15.1. The van der Waals surface area contributed by atoms with Crippen LogP contribution in [0.25, 0.3) is 0 Å². The Hall–Kier alpha value is -4.68. The first kappa shape index (κ1) is 33.7. The van der Waals surface area contributed by atoms with Crippen LogP contribution >= 0.6 is 11.8 Å². The molecule has 0 aromatic heterocycles. The Kier molecular flexibility index (Phi) is 11.6. The van der Waals surface area contributed by atoms with E-state index in [1.807, 2.05) is 60.7 Å². The van der Waals surface area contributed by atoms with Crippen LogP contribution in [0.4, 0.5) is 10.5 Å². The van der Waals surface area contributed by atoms with Crippen molar-refractivity contribution in [2.45, 2.75) is 48.9 Å². The van der Waals surface area contributed by atoms with Crippen molar-refractivity contribution in [3.8, 4) is 0 Å². The van der Waals surface area contributed by atoms with Crippen LogP contribution in [0.3, 0.4) is 0 Å². The predicted molar refractivity (Wildman–Crippen MR) is 177 cm³/mol. The van der Waals surface area contributed by atoms with Crippen molar-refractivity contribution >= 4 is 35.4 Å². The molecule has 11 heteroatoms. The minimum atomic E-state index is -0.975. The molecule has 10 nitrogen and oxygen atoms in total. The van der Waals surface area contributed by atoms with Crippen LogP contribution in [0.2, 0.25) is 0 Å². The molecule has 2 amide bonds. The van der Waals surface area contributed by atoms with E-state index in [2.05, 4.69) is 10.6 Å². The maximum atomic E-state index is 13.0. The summed E-state index contributed by atoms with van der Waals surface area (Å²) in [6.45, 7) is -0.0581. The molecule has 4 aromatic carbocycles. The maximum absolute atomic E-state index is 13.0. The molecule has 0 spiro atoms. The predicted octanol–water partition coefficient (Wildman–Crippen LogP) is 6.12. The van der Waals surface area contributed by atoms with Crippen molar-refractivity contribution in [2.24, 2.45) is 0 Å². The van der Waals surface area contributed by atoms with Crippen LogP contribution in [-0.4, -0.2) is 53.2 Å². The smallest absolute Gasteiger partial charge is 0.335 e. The number of carbonyl (C=O) groups is 3. The molecular formula is C36H36N2O8S. The number of thioether (sulfide) groups is 1. The largest absolute Gasteiger partial charge is 0.478 e. The molecular weight excluding hydrogens is 620 g/mol. The molecule has 0 radical (unpaired) electrons. The summed E-state index contributed by atoms with van der Waals surface area (Å²) in [5, 5.41) is 24.2. The number of carboxylic acid groups (broad SMARTS) is 1. The van der Waals surface area contributed by atoms with Gasteiger partial charge in [0.1, 0.15) is 6.04 Å². The molecule has 1 aliphatic rings. The van der Waals surface area contributed by atoms with E-state index in [4.69, 9.17) is 14.2 Å². The van der Waals surface area contributed by atoms with E-state index in [1.54, 1.807) is 54.2 Å². The first-order chi connectivity index (χ1) is 22.8. The Balaban J connectivity index is 1.29. The number of carboxylic acids is 1. The van der Waals surface area contributed by atoms with Gasteiger partial charge in [-0.1, -0.05) is 66.7 Å². The zero-order valence-corrected chi connectivity index (χ0v) is 26.5. The SMILES string of the molecule is COC(=O)[C@H](Cc1ccccc1)NC(=O)Nc1cccc([C@@H]2O[C@H](CSc3ccc(C(=O)O)cc3)C[C@H](c3ccc(CO)cc3)O2)c1. The molecule has 1 fully saturated rings. The summed E-state index contributed by atoms with van der Waals surface area (Å²) in [4.78, 5) is 37.6. The molecule has 0 saturated carbocycles. The Morgan fingerprint density at radius 2 is 1.64 bits per heavy atom. The average molecular weight is 657 g/mol. The summed E-state index contributed by atoms with van der Waals surface area (Å²) in [7, 11) is 1.28. The van der Waals surface area contributed by atoms with Crippen molar-refractivity contribution < 1.29 is 38.8 Å². The van der Waals surface area contributed by atoms with Crippen molar-refractivity contribution in [2.75, 3.05) is 18.2 Å². The topological polar surface area (TPSA) is 143 Å². The van der Waals surface area contributed by atoms with Gasteiger partial charge < -0.3 is 35.1 Å². The van der Waals surface area contributed by atoms with Crippen LogP contribution in [0.5, 0.6) is 0 Å². The Morgan fingerprint density at radius 3 is 2.32 bits per heavy atom. The highest BCUT2D eigenvalue weighted by Gasteiger charge is 2.32. The van der Waals surface area contributed by atoms with Crippen molar-refractivity contribution in [1.82, 2.24) is 5.32 Å². The fraction of sp³-hybridized carbons (Fsp3) is 0.250.